The molecule has 0 radical (unpaired) electrons. The molecule has 0 aliphatic carbocycles. The third-order valence-electron chi connectivity index (χ3n) is 1.61. The highest BCUT2D eigenvalue weighted by Crippen LogP contribution is 2.11. The van der Waals surface area contributed by atoms with Crippen molar-refractivity contribution in [2.45, 2.75) is 26.2 Å². The highest BCUT2D eigenvalue weighted by atomic mass is 127. The van der Waals surface area contributed by atoms with E-state index in [0.29, 0.717) is 0 Å². The van der Waals surface area contributed by atoms with E-state index in [1.54, 1.807) is 6.07 Å². The van der Waals surface area contributed by atoms with Crippen molar-refractivity contribution in [3.8, 4) is 0 Å². The van der Waals surface area contributed by atoms with Crippen molar-refractivity contribution in [1.29, 1.82) is 0 Å². The molecule has 12 heavy (non-hydrogen) atoms. The molecule has 0 aliphatic rings. The van der Waals surface area contributed by atoms with Crippen LogP contribution >= 0.6 is 22.6 Å². The maximum absolute atomic E-state index is 10.8. The quantitative estimate of drug-likeness (QED) is 0.795. The maximum atomic E-state index is 10.8. The smallest absolute Gasteiger partial charge is 0.335 e. The Labute approximate surface area is 85.1 Å². The van der Waals surface area contributed by atoms with Gasteiger partial charge in [0.1, 0.15) is 5.76 Å². The Kier molecular flexibility index (Phi) is 3.78. The Hall–Kier alpha value is -0.320. The van der Waals surface area contributed by atoms with E-state index in [1.165, 1.54) is 6.07 Å². The van der Waals surface area contributed by atoms with Crippen molar-refractivity contribution < 1.29 is 4.42 Å². The minimum Gasteiger partial charge on any atom is -0.427 e. The van der Waals surface area contributed by atoms with Gasteiger partial charge in [-0.3, -0.25) is 0 Å². The Bertz CT molecular complexity index is 304. The maximum Gasteiger partial charge on any atom is 0.335 e. The average Bonchev–Trinajstić information content (AvgIpc) is 2.07. The Morgan fingerprint density at radius 1 is 1.50 bits per heavy atom. The van der Waals surface area contributed by atoms with Crippen LogP contribution in [0.5, 0.6) is 0 Å². The second-order valence-electron chi connectivity index (χ2n) is 2.63. The molecule has 0 saturated carbocycles. The van der Waals surface area contributed by atoms with E-state index in [-0.39, 0.29) is 5.63 Å². The molecule has 0 bridgehead atoms. The van der Waals surface area contributed by atoms with Gasteiger partial charge in [-0.25, -0.2) is 4.79 Å². The van der Waals surface area contributed by atoms with E-state index < -0.39 is 0 Å². The van der Waals surface area contributed by atoms with Crippen LogP contribution in [0.15, 0.2) is 21.3 Å². The molecular weight excluding hydrogens is 267 g/mol. The average molecular weight is 278 g/mol. The Morgan fingerprint density at radius 3 is 2.92 bits per heavy atom. The first-order chi connectivity index (χ1) is 5.74. The fourth-order valence-corrected chi connectivity index (χ4v) is 1.51. The molecule has 1 aromatic heterocycles. The summed E-state index contributed by atoms with van der Waals surface area (Å²) in [5, 5.41) is 0. The molecular formula is C9H11IO2. The summed E-state index contributed by atoms with van der Waals surface area (Å²) in [6.07, 6.45) is 3.06. The zero-order chi connectivity index (χ0) is 8.97. The molecule has 0 atom stereocenters. The molecule has 0 aromatic carbocycles. The first kappa shape index (κ1) is 9.77. The predicted octanol–water partition coefficient (Wildman–Crippen LogP) is 2.59. The molecule has 0 spiro atoms. The first-order valence-corrected chi connectivity index (χ1v) is 5.10. The Morgan fingerprint density at radius 2 is 2.25 bits per heavy atom. The number of aryl methyl sites for hydroxylation is 1. The minimum atomic E-state index is -0.249. The van der Waals surface area contributed by atoms with Crippen LogP contribution in [0.1, 0.15) is 25.5 Å². The van der Waals surface area contributed by atoms with Crippen LogP contribution in [-0.4, -0.2) is 0 Å². The van der Waals surface area contributed by atoms with Crippen LogP contribution < -0.4 is 5.63 Å². The largest absolute Gasteiger partial charge is 0.427 e. The second kappa shape index (κ2) is 4.64. The van der Waals surface area contributed by atoms with Gasteiger partial charge in [0, 0.05) is 12.5 Å². The number of hydrogen-bond acceptors (Lipinski definition) is 2. The number of rotatable bonds is 3. The van der Waals surface area contributed by atoms with Crippen LogP contribution in [0.25, 0.3) is 0 Å². The van der Waals surface area contributed by atoms with Crippen molar-refractivity contribution in [3.05, 3.63) is 31.9 Å². The molecule has 0 saturated heterocycles. The van der Waals surface area contributed by atoms with Gasteiger partial charge in [-0.15, -0.1) is 0 Å². The molecule has 2 nitrogen and oxygen atoms in total. The van der Waals surface area contributed by atoms with Gasteiger partial charge in [0.25, 0.3) is 0 Å². The lowest BCUT2D eigenvalue weighted by Gasteiger charge is -1.99. The van der Waals surface area contributed by atoms with Crippen molar-refractivity contribution in [2.75, 3.05) is 0 Å². The molecule has 1 aromatic rings. The number of hydrogen-bond donors (Lipinski definition) is 0. The lowest BCUT2D eigenvalue weighted by molar-refractivity contribution is 0.448. The summed E-state index contributed by atoms with van der Waals surface area (Å²) in [5.41, 5.74) is -0.249. The lowest BCUT2D eigenvalue weighted by Crippen LogP contribution is -2.00. The van der Waals surface area contributed by atoms with E-state index in [0.717, 1.165) is 28.6 Å². The third kappa shape index (κ3) is 2.62. The molecule has 66 valence electrons. The topological polar surface area (TPSA) is 30.2 Å². The van der Waals surface area contributed by atoms with E-state index in [9.17, 15) is 4.79 Å². The molecule has 1 heterocycles. The van der Waals surface area contributed by atoms with E-state index in [2.05, 4.69) is 29.5 Å². The van der Waals surface area contributed by atoms with Crippen molar-refractivity contribution in [2.24, 2.45) is 0 Å². The molecule has 1 rings (SSSR count). The highest BCUT2D eigenvalue weighted by Gasteiger charge is 2.01. The molecule has 0 amide bonds. The first-order valence-electron chi connectivity index (χ1n) is 4.02. The van der Waals surface area contributed by atoms with Gasteiger partial charge in [0.15, 0.2) is 0 Å². The summed E-state index contributed by atoms with van der Waals surface area (Å²) in [4.78, 5) is 10.8. The summed E-state index contributed by atoms with van der Waals surface area (Å²) in [6.45, 7) is 2.12. The SMILES string of the molecule is CCCCc1oc(=O)ccc1I. The van der Waals surface area contributed by atoms with Crippen LogP contribution in [0.4, 0.5) is 0 Å². The van der Waals surface area contributed by atoms with Gasteiger partial charge >= 0.3 is 5.63 Å². The lowest BCUT2D eigenvalue weighted by atomic mass is 10.2. The molecule has 0 N–H and O–H groups in total. The van der Waals surface area contributed by atoms with Crippen LogP contribution in [0, 0.1) is 3.57 Å². The summed E-state index contributed by atoms with van der Waals surface area (Å²) >= 11 is 2.18. The Balaban J connectivity index is 2.82. The van der Waals surface area contributed by atoms with Crippen molar-refractivity contribution >= 4 is 22.6 Å². The number of unbranched alkanes of at least 4 members (excludes halogenated alkanes) is 1. The highest BCUT2D eigenvalue weighted by molar-refractivity contribution is 14.1. The van der Waals surface area contributed by atoms with Gasteiger partial charge < -0.3 is 4.42 Å². The summed E-state index contributed by atoms with van der Waals surface area (Å²) in [7, 11) is 0. The normalized spacial score (nSPS) is 10.2. The van der Waals surface area contributed by atoms with Gasteiger partial charge in [-0.2, -0.15) is 0 Å². The standard InChI is InChI=1S/C9H11IO2/c1-2-3-4-8-7(10)5-6-9(11)12-8/h5-6H,2-4H2,1H3. The van der Waals surface area contributed by atoms with Crippen LogP contribution in [0.3, 0.4) is 0 Å². The summed E-state index contributed by atoms with van der Waals surface area (Å²) in [5.74, 6) is 0.824. The fraction of sp³-hybridized carbons (Fsp3) is 0.444. The van der Waals surface area contributed by atoms with E-state index >= 15 is 0 Å². The van der Waals surface area contributed by atoms with Crippen LogP contribution in [-0.2, 0) is 6.42 Å². The van der Waals surface area contributed by atoms with Crippen LogP contribution in [0.2, 0.25) is 0 Å². The molecule has 0 fully saturated rings. The molecule has 3 heteroatoms. The monoisotopic (exact) mass is 278 g/mol. The molecule has 0 aliphatic heterocycles. The summed E-state index contributed by atoms with van der Waals surface area (Å²) < 4.78 is 6.09. The predicted molar refractivity (Wildman–Crippen MR) is 56.3 cm³/mol. The van der Waals surface area contributed by atoms with Gasteiger partial charge in [0.2, 0.25) is 0 Å². The molecule has 0 unspecified atom stereocenters. The van der Waals surface area contributed by atoms with Crippen molar-refractivity contribution in [1.82, 2.24) is 0 Å². The van der Waals surface area contributed by atoms with Gasteiger partial charge in [-0.1, -0.05) is 13.3 Å². The van der Waals surface area contributed by atoms with E-state index in [1.807, 2.05) is 0 Å². The summed E-state index contributed by atoms with van der Waals surface area (Å²) in [6, 6.07) is 3.26. The van der Waals surface area contributed by atoms with Gasteiger partial charge in [0.05, 0.1) is 3.57 Å². The second-order valence-corrected chi connectivity index (χ2v) is 3.79. The zero-order valence-corrected chi connectivity index (χ0v) is 9.13. The number of halogens is 1. The third-order valence-corrected chi connectivity index (χ3v) is 2.57. The minimum absolute atomic E-state index is 0.249. The fourth-order valence-electron chi connectivity index (χ4n) is 0.946. The van der Waals surface area contributed by atoms with Crippen molar-refractivity contribution in [3.63, 3.8) is 0 Å². The van der Waals surface area contributed by atoms with Gasteiger partial charge in [-0.05, 0) is 35.1 Å². The van der Waals surface area contributed by atoms with E-state index in [4.69, 9.17) is 4.42 Å². The zero-order valence-electron chi connectivity index (χ0n) is 6.97.